The van der Waals surface area contributed by atoms with Crippen LogP contribution in [0.1, 0.15) is 18.4 Å². The Hall–Kier alpha value is -2.11. The molecule has 6 heteroatoms. The van der Waals surface area contributed by atoms with Crippen LogP contribution in [0.5, 0.6) is 0 Å². The molecule has 1 saturated heterocycles. The van der Waals surface area contributed by atoms with Gasteiger partial charge in [-0.2, -0.15) is 0 Å². The Kier molecular flexibility index (Phi) is 3.69. The molecule has 1 aromatic rings. The van der Waals surface area contributed by atoms with Gasteiger partial charge in [-0.25, -0.2) is 0 Å². The van der Waals surface area contributed by atoms with E-state index < -0.39 is 4.92 Å². The third-order valence-electron chi connectivity index (χ3n) is 3.27. The Labute approximate surface area is 111 Å². The maximum absolute atomic E-state index is 11.4. The zero-order valence-corrected chi connectivity index (χ0v) is 11.0. The summed E-state index contributed by atoms with van der Waals surface area (Å²) >= 11 is 0. The van der Waals surface area contributed by atoms with E-state index in [-0.39, 0.29) is 17.6 Å². The van der Waals surface area contributed by atoms with Crippen molar-refractivity contribution in [3.8, 4) is 0 Å². The Morgan fingerprint density at radius 2 is 2.16 bits per heavy atom. The van der Waals surface area contributed by atoms with Gasteiger partial charge in [0.1, 0.15) is 0 Å². The van der Waals surface area contributed by atoms with Crippen LogP contribution >= 0.6 is 0 Å². The number of nitro groups is 1. The summed E-state index contributed by atoms with van der Waals surface area (Å²) in [5.41, 5.74) is 1.67. The molecule has 0 aliphatic carbocycles. The van der Waals surface area contributed by atoms with Crippen LogP contribution in [-0.4, -0.2) is 35.4 Å². The van der Waals surface area contributed by atoms with Gasteiger partial charge in [0.05, 0.1) is 4.92 Å². The Morgan fingerprint density at radius 1 is 1.42 bits per heavy atom. The zero-order valence-electron chi connectivity index (χ0n) is 11.0. The van der Waals surface area contributed by atoms with Gasteiger partial charge in [0.25, 0.3) is 5.69 Å². The number of anilines is 1. The molecule has 0 radical (unpaired) electrons. The minimum Gasteiger partial charge on any atom is -0.380 e. The molecule has 6 nitrogen and oxygen atoms in total. The summed E-state index contributed by atoms with van der Waals surface area (Å²) in [6, 6.07) is 5.10. The molecule has 0 bridgehead atoms. The smallest absolute Gasteiger partial charge is 0.271 e. The van der Waals surface area contributed by atoms with Crippen molar-refractivity contribution in [2.24, 2.45) is 0 Å². The Morgan fingerprint density at radius 3 is 2.79 bits per heavy atom. The van der Waals surface area contributed by atoms with E-state index >= 15 is 0 Å². The number of carbonyl (C=O) groups excluding carboxylic acids is 1. The second kappa shape index (κ2) is 5.26. The number of piperidine rings is 1. The molecule has 1 fully saturated rings. The fourth-order valence-corrected chi connectivity index (χ4v) is 2.32. The molecular formula is C13H17N3O3. The standard InChI is InChI=1S/C13H17N3O3/c1-9-5-11(7-12(6-9)16(18)19)14-10-3-4-13(17)15(2)8-10/h5-7,10,14H,3-4,8H2,1-2H3. The average Bonchev–Trinajstić information content (AvgIpc) is 2.33. The van der Waals surface area contributed by atoms with Gasteiger partial charge >= 0.3 is 0 Å². The second-order valence-electron chi connectivity index (χ2n) is 4.97. The van der Waals surface area contributed by atoms with Crippen LogP contribution in [-0.2, 0) is 4.79 Å². The first kappa shape index (κ1) is 13.3. The first-order valence-electron chi connectivity index (χ1n) is 6.22. The lowest BCUT2D eigenvalue weighted by molar-refractivity contribution is -0.384. The fraction of sp³-hybridized carbons (Fsp3) is 0.462. The third kappa shape index (κ3) is 3.21. The van der Waals surface area contributed by atoms with E-state index in [4.69, 9.17) is 0 Å². The van der Waals surface area contributed by atoms with Gasteiger partial charge in [-0.1, -0.05) is 0 Å². The number of likely N-dealkylation sites (N-methyl/N-ethyl adjacent to an activating group) is 1. The minimum absolute atomic E-state index is 0.0859. The Balaban J connectivity index is 2.11. The number of nitrogens with zero attached hydrogens (tertiary/aromatic N) is 2. The van der Waals surface area contributed by atoms with Crippen molar-refractivity contribution in [2.45, 2.75) is 25.8 Å². The van der Waals surface area contributed by atoms with Crippen LogP contribution in [0.3, 0.4) is 0 Å². The molecule has 2 rings (SSSR count). The highest BCUT2D eigenvalue weighted by Crippen LogP contribution is 2.22. The molecule has 1 aromatic carbocycles. The average molecular weight is 263 g/mol. The molecule has 1 aliphatic heterocycles. The van der Waals surface area contributed by atoms with Gasteiger partial charge in [0.15, 0.2) is 0 Å². The molecule has 1 N–H and O–H groups in total. The number of amides is 1. The van der Waals surface area contributed by atoms with Crippen molar-refractivity contribution in [1.82, 2.24) is 4.90 Å². The predicted octanol–water partition coefficient (Wildman–Crippen LogP) is 1.94. The molecular weight excluding hydrogens is 246 g/mol. The zero-order chi connectivity index (χ0) is 14.0. The number of rotatable bonds is 3. The lowest BCUT2D eigenvalue weighted by atomic mass is 10.0. The molecule has 19 heavy (non-hydrogen) atoms. The lowest BCUT2D eigenvalue weighted by Crippen LogP contribution is -2.43. The van der Waals surface area contributed by atoms with Crippen LogP contribution in [0.2, 0.25) is 0 Å². The van der Waals surface area contributed by atoms with E-state index in [9.17, 15) is 14.9 Å². The molecule has 102 valence electrons. The molecule has 0 aromatic heterocycles. The van der Waals surface area contributed by atoms with E-state index in [1.807, 2.05) is 13.0 Å². The quantitative estimate of drug-likeness (QED) is 0.668. The van der Waals surface area contributed by atoms with Gasteiger partial charge < -0.3 is 10.2 Å². The van der Waals surface area contributed by atoms with Crippen LogP contribution in [0.15, 0.2) is 18.2 Å². The van der Waals surface area contributed by atoms with Crippen molar-refractivity contribution in [3.05, 3.63) is 33.9 Å². The van der Waals surface area contributed by atoms with Crippen LogP contribution in [0.4, 0.5) is 11.4 Å². The van der Waals surface area contributed by atoms with E-state index in [2.05, 4.69) is 5.32 Å². The van der Waals surface area contributed by atoms with Crippen molar-refractivity contribution < 1.29 is 9.72 Å². The van der Waals surface area contributed by atoms with Gasteiger partial charge in [-0.15, -0.1) is 0 Å². The normalized spacial score (nSPS) is 19.4. The monoisotopic (exact) mass is 263 g/mol. The summed E-state index contributed by atoms with van der Waals surface area (Å²) in [4.78, 5) is 23.5. The Bertz CT molecular complexity index is 516. The van der Waals surface area contributed by atoms with Crippen LogP contribution in [0.25, 0.3) is 0 Å². The summed E-state index contributed by atoms with van der Waals surface area (Å²) in [6.45, 7) is 2.45. The summed E-state index contributed by atoms with van der Waals surface area (Å²) in [5.74, 6) is 0.147. The number of aryl methyl sites for hydroxylation is 1. The molecule has 1 atom stereocenters. The highest BCUT2D eigenvalue weighted by Gasteiger charge is 2.23. The first-order chi connectivity index (χ1) is 8.95. The first-order valence-corrected chi connectivity index (χ1v) is 6.22. The molecule has 1 unspecified atom stereocenters. The topological polar surface area (TPSA) is 75.5 Å². The lowest BCUT2D eigenvalue weighted by Gasteiger charge is -2.30. The van der Waals surface area contributed by atoms with E-state index in [1.165, 1.54) is 6.07 Å². The maximum atomic E-state index is 11.4. The number of non-ortho nitro benzene ring substituents is 1. The molecule has 1 aliphatic rings. The minimum atomic E-state index is -0.394. The van der Waals surface area contributed by atoms with Crippen LogP contribution < -0.4 is 5.32 Å². The highest BCUT2D eigenvalue weighted by molar-refractivity contribution is 5.77. The number of carbonyl (C=O) groups is 1. The molecule has 1 heterocycles. The predicted molar refractivity (Wildman–Crippen MR) is 72.1 cm³/mol. The molecule has 0 spiro atoms. The maximum Gasteiger partial charge on any atom is 0.271 e. The second-order valence-corrected chi connectivity index (χ2v) is 4.97. The molecule has 0 saturated carbocycles. The number of likely N-dealkylation sites (tertiary alicyclic amines) is 1. The van der Waals surface area contributed by atoms with Crippen molar-refractivity contribution >= 4 is 17.3 Å². The summed E-state index contributed by atoms with van der Waals surface area (Å²) in [7, 11) is 1.77. The third-order valence-corrected chi connectivity index (χ3v) is 3.27. The number of nitro benzene ring substituents is 1. The number of nitrogens with one attached hydrogen (secondary N) is 1. The fourth-order valence-electron chi connectivity index (χ4n) is 2.32. The highest BCUT2D eigenvalue weighted by atomic mass is 16.6. The van der Waals surface area contributed by atoms with E-state index in [1.54, 1.807) is 18.0 Å². The summed E-state index contributed by atoms with van der Waals surface area (Å²) in [5, 5.41) is 14.1. The van der Waals surface area contributed by atoms with Crippen molar-refractivity contribution in [3.63, 3.8) is 0 Å². The largest absolute Gasteiger partial charge is 0.380 e. The van der Waals surface area contributed by atoms with Crippen molar-refractivity contribution in [2.75, 3.05) is 18.9 Å². The van der Waals surface area contributed by atoms with E-state index in [0.29, 0.717) is 13.0 Å². The number of hydrogen-bond acceptors (Lipinski definition) is 4. The van der Waals surface area contributed by atoms with Crippen molar-refractivity contribution in [1.29, 1.82) is 0 Å². The van der Waals surface area contributed by atoms with Gasteiger partial charge in [0.2, 0.25) is 5.91 Å². The number of hydrogen-bond donors (Lipinski definition) is 1. The summed E-state index contributed by atoms with van der Waals surface area (Å²) in [6.07, 6.45) is 1.27. The van der Waals surface area contributed by atoms with Gasteiger partial charge in [-0.3, -0.25) is 14.9 Å². The summed E-state index contributed by atoms with van der Waals surface area (Å²) < 4.78 is 0. The SMILES string of the molecule is Cc1cc(NC2CCC(=O)N(C)C2)cc([N+](=O)[O-])c1. The van der Waals surface area contributed by atoms with Crippen LogP contribution in [0, 0.1) is 17.0 Å². The number of benzene rings is 1. The molecule has 1 amide bonds. The van der Waals surface area contributed by atoms with E-state index in [0.717, 1.165) is 17.7 Å². The van der Waals surface area contributed by atoms with Gasteiger partial charge in [-0.05, 0) is 25.0 Å². The van der Waals surface area contributed by atoms with Gasteiger partial charge in [0, 0.05) is 43.9 Å².